The molecule has 0 radical (unpaired) electrons. The molecule has 0 spiro atoms. The average molecular weight is 381 g/mol. The summed E-state index contributed by atoms with van der Waals surface area (Å²) in [5.74, 6) is -1.33. The second-order valence-corrected chi connectivity index (χ2v) is 7.16. The van der Waals surface area contributed by atoms with Gasteiger partial charge in [-0.3, -0.25) is 4.28 Å². The molecule has 0 aromatic heterocycles. The number of rotatable bonds is 6. The van der Waals surface area contributed by atoms with Gasteiger partial charge in [-0.1, -0.05) is 19.0 Å². The average Bonchev–Trinajstić information content (AvgIpc) is 2.45. The third kappa shape index (κ3) is 6.04. The topological polar surface area (TPSA) is 82.0 Å². The van der Waals surface area contributed by atoms with Gasteiger partial charge >= 0.3 is 22.3 Å². The van der Waals surface area contributed by atoms with Crippen LogP contribution in [-0.2, 0) is 30.1 Å². The minimum absolute atomic E-state index is 0.260. The van der Waals surface area contributed by atoms with Crippen molar-refractivity contribution in [3.05, 3.63) is 29.8 Å². The number of benzene rings is 1. The molecule has 0 unspecified atom stereocenters. The second kappa shape index (κ2) is 7.85. The number of ether oxygens (including phenoxy) is 1. The highest BCUT2D eigenvalue weighted by atomic mass is 32.2. The molecule has 1 aromatic carbocycles. The molecular weight excluding hydrogens is 363 g/mol. The molecule has 0 N–H and O–H groups in total. The van der Waals surface area contributed by atoms with E-state index in [2.05, 4.69) is 9.44 Å². The van der Waals surface area contributed by atoms with Crippen molar-refractivity contribution in [3.8, 4) is 0 Å². The fourth-order valence-electron chi connectivity index (χ4n) is 1.60. The molecule has 0 bridgehead atoms. The minimum Gasteiger partial charge on any atom is -0.458 e. The van der Waals surface area contributed by atoms with E-state index in [1.54, 1.807) is 27.7 Å². The fourth-order valence-corrected chi connectivity index (χ4v) is 2.33. The maximum Gasteiger partial charge on any atom is 0.416 e. The van der Waals surface area contributed by atoms with Crippen molar-refractivity contribution >= 4 is 21.8 Å². The first-order valence-electron chi connectivity index (χ1n) is 7.24. The van der Waals surface area contributed by atoms with Crippen LogP contribution in [0.25, 0.3) is 0 Å². The van der Waals surface area contributed by atoms with Crippen molar-refractivity contribution < 1.29 is 35.4 Å². The van der Waals surface area contributed by atoms with E-state index in [4.69, 9.17) is 4.74 Å². The summed E-state index contributed by atoms with van der Waals surface area (Å²) in [6.07, 6.45) is -5.03. The van der Waals surface area contributed by atoms with Gasteiger partial charge in [0.1, 0.15) is 4.90 Å². The van der Waals surface area contributed by atoms with Crippen LogP contribution in [0.15, 0.2) is 34.3 Å². The van der Waals surface area contributed by atoms with Gasteiger partial charge in [0.05, 0.1) is 11.7 Å². The second-order valence-electron chi connectivity index (χ2n) is 5.64. The maximum atomic E-state index is 12.5. The van der Waals surface area contributed by atoms with E-state index >= 15 is 0 Å². The van der Waals surface area contributed by atoms with Crippen LogP contribution < -0.4 is 0 Å². The fraction of sp³-hybridized carbons (Fsp3) is 0.467. The van der Waals surface area contributed by atoms with Crippen LogP contribution in [0.3, 0.4) is 0 Å². The molecule has 6 nitrogen and oxygen atoms in total. The number of hydrogen-bond donors (Lipinski definition) is 0. The minimum atomic E-state index is -4.59. The largest absolute Gasteiger partial charge is 0.458 e. The molecule has 0 saturated heterocycles. The van der Waals surface area contributed by atoms with Crippen LogP contribution in [0.5, 0.6) is 0 Å². The molecule has 0 atom stereocenters. The molecule has 0 amide bonds. The van der Waals surface area contributed by atoms with E-state index in [1.165, 1.54) is 0 Å². The van der Waals surface area contributed by atoms with E-state index in [0.29, 0.717) is 12.1 Å². The van der Waals surface area contributed by atoms with E-state index in [9.17, 15) is 26.4 Å². The number of esters is 1. The Morgan fingerprint density at radius 2 is 1.60 bits per heavy atom. The van der Waals surface area contributed by atoms with Gasteiger partial charge in [-0.25, -0.2) is 4.79 Å². The maximum absolute atomic E-state index is 12.5. The molecule has 0 heterocycles. The number of halogens is 3. The summed E-state index contributed by atoms with van der Waals surface area (Å²) in [5.41, 5.74) is -1.26. The van der Waals surface area contributed by atoms with Gasteiger partial charge in [-0.15, -0.1) is 0 Å². The quantitative estimate of drug-likeness (QED) is 0.429. The monoisotopic (exact) mass is 381 g/mol. The van der Waals surface area contributed by atoms with Crippen LogP contribution in [0.4, 0.5) is 13.2 Å². The number of alkyl halides is 3. The van der Waals surface area contributed by atoms with Crippen molar-refractivity contribution in [3.63, 3.8) is 0 Å². The first-order valence-corrected chi connectivity index (χ1v) is 8.65. The van der Waals surface area contributed by atoms with Gasteiger partial charge < -0.3 is 4.74 Å². The zero-order chi connectivity index (χ0) is 19.4. The van der Waals surface area contributed by atoms with E-state index in [0.717, 1.165) is 12.1 Å². The van der Waals surface area contributed by atoms with Crippen LogP contribution >= 0.6 is 0 Å². The van der Waals surface area contributed by atoms with Gasteiger partial charge in [0, 0.05) is 5.92 Å². The SMILES string of the molecule is CC(C)OC(=O)C(=NOS(=O)(=O)c1ccc(C(F)(F)F)cc1)C(C)C. The van der Waals surface area contributed by atoms with E-state index in [-0.39, 0.29) is 5.71 Å². The Morgan fingerprint density at radius 1 is 1.08 bits per heavy atom. The van der Waals surface area contributed by atoms with E-state index < -0.39 is 44.7 Å². The number of oxime groups is 1. The highest BCUT2D eigenvalue weighted by Crippen LogP contribution is 2.30. The van der Waals surface area contributed by atoms with Gasteiger partial charge in [0.2, 0.25) is 0 Å². The first-order chi connectivity index (χ1) is 11.3. The molecule has 0 saturated carbocycles. The molecule has 10 heteroatoms. The van der Waals surface area contributed by atoms with Crippen molar-refractivity contribution in [1.29, 1.82) is 0 Å². The summed E-state index contributed by atoms with van der Waals surface area (Å²) in [6, 6.07) is 2.71. The van der Waals surface area contributed by atoms with Crippen molar-refractivity contribution in [2.45, 2.75) is 44.9 Å². The van der Waals surface area contributed by atoms with Crippen LogP contribution in [0.1, 0.15) is 33.3 Å². The number of carbonyl (C=O) groups excluding carboxylic acids is 1. The lowest BCUT2D eigenvalue weighted by Gasteiger charge is -2.12. The lowest BCUT2D eigenvalue weighted by molar-refractivity contribution is -0.139. The van der Waals surface area contributed by atoms with Crippen LogP contribution in [0.2, 0.25) is 0 Å². The zero-order valence-corrected chi connectivity index (χ0v) is 14.8. The third-order valence-corrected chi connectivity index (χ3v) is 3.92. The van der Waals surface area contributed by atoms with Crippen molar-refractivity contribution in [2.75, 3.05) is 0 Å². The summed E-state index contributed by atoms with van der Waals surface area (Å²) >= 11 is 0. The Hall–Kier alpha value is -2.10. The highest BCUT2D eigenvalue weighted by molar-refractivity contribution is 7.86. The lowest BCUT2D eigenvalue weighted by Crippen LogP contribution is -2.26. The van der Waals surface area contributed by atoms with Gasteiger partial charge in [-0.2, -0.15) is 21.6 Å². The molecule has 0 aliphatic carbocycles. The van der Waals surface area contributed by atoms with Gasteiger partial charge in [-0.05, 0) is 38.1 Å². The predicted molar refractivity (Wildman–Crippen MR) is 83.2 cm³/mol. The number of nitrogens with zero attached hydrogens (tertiary/aromatic N) is 1. The predicted octanol–water partition coefficient (Wildman–Crippen LogP) is 3.37. The Balaban J connectivity index is 3.04. The Labute approximate surface area is 143 Å². The molecule has 140 valence electrons. The molecule has 25 heavy (non-hydrogen) atoms. The summed E-state index contributed by atoms with van der Waals surface area (Å²) in [4.78, 5) is 11.3. The summed E-state index contributed by atoms with van der Waals surface area (Å²) in [5, 5.41) is 3.33. The Bertz CT molecular complexity index is 737. The highest BCUT2D eigenvalue weighted by Gasteiger charge is 2.31. The number of carbonyl (C=O) groups is 1. The van der Waals surface area contributed by atoms with E-state index in [1.807, 2.05) is 0 Å². The smallest absolute Gasteiger partial charge is 0.416 e. The summed E-state index contributed by atoms with van der Waals surface area (Å²) < 4.78 is 70.9. The van der Waals surface area contributed by atoms with Crippen LogP contribution in [0, 0.1) is 5.92 Å². The zero-order valence-electron chi connectivity index (χ0n) is 14.0. The Morgan fingerprint density at radius 3 is 2.00 bits per heavy atom. The van der Waals surface area contributed by atoms with Crippen molar-refractivity contribution in [2.24, 2.45) is 11.1 Å². The lowest BCUT2D eigenvalue weighted by atomic mass is 10.1. The number of hydrogen-bond acceptors (Lipinski definition) is 6. The standard InChI is InChI=1S/C15H18F3NO5S/c1-9(2)13(14(20)23-10(3)4)19-24-25(21,22)12-7-5-11(6-8-12)15(16,17)18/h5-10H,1-4H3. The molecule has 1 rings (SSSR count). The summed E-state index contributed by atoms with van der Waals surface area (Å²) in [7, 11) is -4.48. The molecule has 0 aliphatic heterocycles. The molecule has 0 fully saturated rings. The Kier molecular flexibility index (Phi) is 6.58. The molecule has 1 aromatic rings. The van der Waals surface area contributed by atoms with Crippen LogP contribution in [-0.4, -0.2) is 26.2 Å². The first kappa shape index (κ1) is 20.9. The van der Waals surface area contributed by atoms with Gasteiger partial charge in [0.15, 0.2) is 5.71 Å². The van der Waals surface area contributed by atoms with Gasteiger partial charge in [0.25, 0.3) is 0 Å². The molecular formula is C15H18F3NO5S. The third-order valence-electron chi connectivity index (χ3n) is 2.80. The molecule has 0 aliphatic rings. The summed E-state index contributed by atoms with van der Waals surface area (Å²) in [6.45, 7) is 6.37. The normalized spacial score (nSPS) is 13.2. The van der Waals surface area contributed by atoms with Crippen molar-refractivity contribution in [1.82, 2.24) is 0 Å².